The smallest absolute Gasteiger partial charge is 0.249 e. The molecule has 3 aromatic carbocycles. The molecule has 0 bridgehead atoms. The molecular weight excluding hydrogens is 408 g/mol. The van der Waals surface area contributed by atoms with E-state index in [9.17, 15) is 4.79 Å². The summed E-state index contributed by atoms with van der Waals surface area (Å²) in [7, 11) is 1.59. The molecule has 1 heterocycles. The number of para-hydroxylation sites is 1. The van der Waals surface area contributed by atoms with Crippen molar-refractivity contribution in [1.29, 1.82) is 0 Å². The predicted molar refractivity (Wildman–Crippen MR) is 117 cm³/mol. The highest BCUT2D eigenvalue weighted by Crippen LogP contribution is 2.33. The number of halogens is 1. The molecule has 1 aromatic heterocycles. The first-order chi connectivity index (χ1) is 14.2. The zero-order valence-electron chi connectivity index (χ0n) is 15.5. The van der Waals surface area contributed by atoms with Gasteiger partial charge in [0.15, 0.2) is 5.82 Å². The van der Waals surface area contributed by atoms with Crippen LogP contribution in [-0.4, -0.2) is 34.0 Å². The maximum absolute atomic E-state index is 12.4. The van der Waals surface area contributed by atoms with Crippen LogP contribution in [0.4, 0.5) is 5.95 Å². The number of benzene rings is 3. The Labute approximate surface area is 176 Å². The standard InChI is InChI=1S/C21H17ClN4O2S/c1-28-16-10-3-2-8-14(16)20-24-21(26-25-20)23-18(27)12-29-17-11-5-7-13-6-4-9-15(22)19(13)17/h2-11H,12H2,1H3,(H2,23,24,25,26,27). The molecule has 1 amide bonds. The largest absolute Gasteiger partial charge is 0.496 e. The minimum absolute atomic E-state index is 0.204. The van der Waals surface area contributed by atoms with Gasteiger partial charge >= 0.3 is 0 Å². The normalized spacial score (nSPS) is 10.8. The van der Waals surface area contributed by atoms with E-state index in [0.717, 1.165) is 21.2 Å². The summed E-state index contributed by atoms with van der Waals surface area (Å²) in [4.78, 5) is 17.7. The molecule has 0 saturated carbocycles. The fourth-order valence-corrected chi connectivity index (χ4v) is 4.21. The van der Waals surface area contributed by atoms with Gasteiger partial charge < -0.3 is 4.74 Å². The molecule has 0 spiro atoms. The van der Waals surface area contributed by atoms with Crippen molar-refractivity contribution in [3.05, 3.63) is 65.7 Å². The molecule has 0 aliphatic heterocycles. The third-order valence-electron chi connectivity index (χ3n) is 4.27. The Morgan fingerprint density at radius 1 is 1.14 bits per heavy atom. The summed E-state index contributed by atoms with van der Waals surface area (Å²) in [5, 5.41) is 12.3. The number of hydrogen-bond acceptors (Lipinski definition) is 5. The SMILES string of the molecule is COc1ccccc1-c1nc(NC(=O)CSc2cccc3cccc(Cl)c23)n[nH]1. The van der Waals surface area contributed by atoms with E-state index in [2.05, 4.69) is 20.5 Å². The number of methoxy groups -OCH3 is 1. The lowest BCUT2D eigenvalue weighted by Gasteiger charge is -2.07. The topological polar surface area (TPSA) is 79.9 Å². The van der Waals surface area contributed by atoms with Crippen molar-refractivity contribution < 1.29 is 9.53 Å². The van der Waals surface area contributed by atoms with Gasteiger partial charge in [0, 0.05) is 15.3 Å². The van der Waals surface area contributed by atoms with Crippen LogP contribution < -0.4 is 10.1 Å². The number of anilines is 1. The van der Waals surface area contributed by atoms with E-state index in [1.54, 1.807) is 7.11 Å². The molecule has 0 aliphatic rings. The fourth-order valence-electron chi connectivity index (χ4n) is 2.96. The van der Waals surface area contributed by atoms with Crippen LogP contribution in [0.2, 0.25) is 5.02 Å². The first-order valence-electron chi connectivity index (χ1n) is 8.81. The number of nitrogens with one attached hydrogen (secondary N) is 2. The molecule has 0 saturated heterocycles. The first-order valence-corrected chi connectivity index (χ1v) is 10.2. The number of rotatable bonds is 6. The quantitative estimate of drug-likeness (QED) is 0.425. The summed E-state index contributed by atoms with van der Waals surface area (Å²) in [6.45, 7) is 0. The van der Waals surface area contributed by atoms with Gasteiger partial charge in [-0.05, 0) is 29.7 Å². The Morgan fingerprint density at radius 2 is 1.93 bits per heavy atom. The van der Waals surface area contributed by atoms with E-state index >= 15 is 0 Å². The van der Waals surface area contributed by atoms with Gasteiger partial charge in [-0.3, -0.25) is 15.2 Å². The molecule has 0 aliphatic carbocycles. The van der Waals surface area contributed by atoms with Crippen molar-refractivity contribution in [1.82, 2.24) is 15.2 Å². The lowest BCUT2D eigenvalue weighted by molar-refractivity contribution is -0.113. The van der Waals surface area contributed by atoms with Crippen LogP contribution in [0, 0.1) is 0 Å². The number of carbonyl (C=O) groups excluding carboxylic acids is 1. The van der Waals surface area contributed by atoms with E-state index in [4.69, 9.17) is 16.3 Å². The van der Waals surface area contributed by atoms with E-state index in [1.165, 1.54) is 11.8 Å². The highest BCUT2D eigenvalue weighted by atomic mass is 35.5. The molecule has 2 N–H and O–H groups in total. The molecule has 4 aromatic rings. The van der Waals surface area contributed by atoms with Gasteiger partial charge in [-0.15, -0.1) is 16.9 Å². The Balaban J connectivity index is 1.45. The third kappa shape index (κ3) is 4.21. The van der Waals surface area contributed by atoms with Crippen molar-refractivity contribution in [2.75, 3.05) is 18.2 Å². The molecule has 0 fully saturated rings. The lowest BCUT2D eigenvalue weighted by Crippen LogP contribution is -2.15. The number of ether oxygens (including phenoxy) is 1. The molecule has 4 rings (SSSR count). The van der Waals surface area contributed by atoms with Gasteiger partial charge in [-0.25, -0.2) is 0 Å². The zero-order chi connectivity index (χ0) is 20.2. The molecule has 29 heavy (non-hydrogen) atoms. The van der Waals surface area contributed by atoms with Gasteiger partial charge in [-0.1, -0.05) is 48.0 Å². The first kappa shape index (κ1) is 19.3. The van der Waals surface area contributed by atoms with Crippen LogP contribution in [0.1, 0.15) is 0 Å². The van der Waals surface area contributed by atoms with Crippen LogP contribution in [0.25, 0.3) is 22.2 Å². The molecule has 6 nitrogen and oxygen atoms in total. The van der Waals surface area contributed by atoms with E-state index < -0.39 is 0 Å². The Morgan fingerprint density at radius 3 is 2.76 bits per heavy atom. The average molecular weight is 425 g/mol. The number of nitrogens with zero attached hydrogens (tertiary/aromatic N) is 2. The van der Waals surface area contributed by atoms with Crippen molar-refractivity contribution in [2.45, 2.75) is 4.90 Å². The number of amides is 1. The second-order valence-electron chi connectivity index (χ2n) is 6.14. The Kier molecular flexibility index (Phi) is 5.69. The third-order valence-corrected chi connectivity index (χ3v) is 5.65. The second-order valence-corrected chi connectivity index (χ2v) is 7.56. The van der Waals surface area contributed by atoms with Crippen LogP contribution in [0.15, 0.2) is 65.6 Å². The number of aromatic nitrogens is 3. The van der Waals surface area contributed by atoms with Gasteiger partial charge in [0.2, 0.25) is 11.9 Å². The number of aromatic amines is 1. The molecule has 146 valence electrons. The zero-order valence-corrected chi connectivity index (χ0v) is 17.1. The summed E-state index contributed by atoms with van der Waals surface area (Å²) < 4.78 is 5.33. The Bertz CT molecular complexity index is 1170. The van der Waals surface area contributed by atoms with Crippen LogP contribution >= 0.6 is 23.4 Å². The van der Waals surface area contributed by atoms with Crippen molar-refractivity contribution in [3.63, 3.8) is 0 Å². The summed E-state index contributed by atoms with van der Waals surface area (Å²) in [5.74, 6) is 1.41. The van der Waals surface area contributed by atoms with E-state index in [-0.39, 0.29) is 17.6 Å². The van der Waals surface area contributed by atoms with Gasteiger partial charge in [0.1, 0.15) is 5.75 Å². The van der Waals surface area contributed by atoms with Crippen molar-refractivity contribution in [3.8, 4) is 17.1 Å². The summed E-state index contributed by atoms with van der Waals surface area (Å²) in [6, 6.07) is 19.1. The van der Waals surface area contributed by atoms with Crippen LogP contribution in [0.5, 0.6) is 5.75 Å². The average Bonchev–Trinajstić information content (AvgIpc) is 3.20. The number of fused-ring (bicyclic) bond motifs is 1. The fraction of sp³-hybridized carbons (Fsp3) is 0.0952. The second kappa shape index (κ2) is 8.55. The number of carbonyl (C=O) groups is 1. The number of hydrogen-bond donors (Lipinski definition) is 2. The van der Waals surface area contributed by atoms with Gasteiger partial charge in [-0.2, -0.15) is 4.98 Å². The molecule has 8 heteroatoms. The van der Waals surface area contributed by atoms with Crippen molar-refractivity contribution in [2.24, 2.45) is 0 Å². The minimum Gasteiger partial charge on any atom is -0.496 e. The number of H-pyrrole nitrogens is 1. The maximum atomic E-state index is 12.4. The summed E-state index contributed by atoms with van der Waals surface area (Å²) in [5.41, 5.74) is 0.766. The maximum Gasteiger partial charge on any atom is 0.249 e. The van der Waals surface area contributed by atoms with Crippen LogP contribution in [-0.2, 0) is 4.79 Å². The van der Waals surface area contributed by atoms with Crippen molar-refractivity contribution >= 4 is 46.0 Å². The van der Waals surface area contributed by atoms with Gasteiger partial charge in [0.25, 0.3) is 0 Å². The number of thioether (sulfide) groups is 1. The molecular formula is C21H17ClN4O2S. The van der Waals surface area contributed by atoms with E-state index in [1.807, 2.05) is 60.7 Å². The highest BCUT2D eigenvalue weighted by molar-refractivity contribution is 8.00. The van der Waals surface area contributed by atoms with Gasteiger partial charge in [0.05, 0.1) is 18.4 Å². The highest BCUT2D eigenvalue weighted by Gasteiger charge is 2.13. The van der Waals surface area contributed by atoms with Crippen LogP contribution in [0.3, 0.4) is 0 Å². The molecule has 0 atom stereocenters. The van der Waals surface area contributed by atoms with E-state index in [0.29, 0.717) is 16.6 Å². The molecule has 0 radical (unpaired) electrons. The summed E-state index contributed by atoms with van der Waals surface area (Å²) >= 11 is 7.76. The summed E-state index contributed by atoms with van der Waals surface area (Å²) in [6.07, 6.45) is 0. The minimum atomic E-state index is -0.204. The Hall–Kier alpha value is -3.03. The molecule has 0 unspecified atom stereocenters. The monoisotopic (exact) mass is 424 g/mol. The predicted octanol–water partition coefficient (Wildman–Crippen LogP) is 5.02. The lowest BCUT2D eigenvalue weighted by atomic mass is 10.1.